The zero-order chi connectivity index (χ0) is 20.1. The van der Waals surface area contributed by atoms with Crippen molar-refractivity contribution in [1.82, 2.24) is 9.80 Å². The predicted octanol–water partition coefficient (Wildman–Crippen LogP) is 5.01. The predicted molar refractivity (Wildman–Crippen MR) is 131 cm³/mol. The zero-order valence-corrected chi connectivity index (χ0v) is 19.9. The van der Waals surface area contributed by atoms with Gasteiger partial charge in [-0.1, -0.05) is 55.0 Å². The van der Waals surface area contributed by atoms with Crippen LogP contribution < -0.4 is 0 Å². The van der Waals surface area contributed by atoms with Gasteiger partial charge in [0.05, 0.1) is 13.2 Å². The summed E-state index contributed by atoms with van der Waals surface area (Å²) >= 11 is 0. The second-order valence-corrected chi connectivity index (χ2v) is 8.30. The second-order valence-electron chi connectivity index (χ2n) is 8.30. The smallest absolute Gasteiger partial charge is 0.193 e. The molecule has 2 heterocycles. The highest BCUT2D eigenvalue weighted by Gasteiger charge is 2.29. The van der Waals surface area contributed by atoms with Crippen LogP contribution in [0.5, 0.6) is 0 Å². The van der Waals surface area contributed by atoms with Crippen molar-refractivity contribution in [3.63, 3.8) is 0 Å². The molecule has 2 aromatic rings. The minimum absolute atomic E-state index is 0. The number of likely N-dealkylation sites (tertiary alicyclic amines) is 1. The summed E-state index contributed by atoms with van der Waals surface area (Å²) in [4.78, 5) is 18.1. The van der Waals surface area contributed by atoms with Gasteiger partial charge in [0, 0.05) is 42.8 Å². The molecular formula is C25H34Cl2N2O2. The van der Waals surface area contributed by atoms with Crippen LogP contribution in [0.4, 0.5) is 0 Å². The maximum Gasteiger partial charge on any atom is 0.193 e. The van der Waals surface area contributed by atoms with Gasteiger partial charge in [0.1, 0.15) is 0 Å². The van der Waals surface area contributed by atoms with Crippen molar-refractivity contribution in [2.75, 3.05) is 39.4 Å². The molecule has 0 bridgehead atoms. The number of halogens is 2. The number of piperidine rings is 1. The Morgan fingerprint density at radius 2 is 1.68 bits per heavy atom. The summed E-state index contributed by atoms with van der Waals surface area (Å²) in [5, 5.41) is 0. The van der Waals surface area contributed by atoms with E-state index in [9.17, 15) is 4.79 Å². The molecule has 0 aromatic heterocycles. The first kappa shape index (κ1) is 25.8. The molecule has 0 saturated carbocycles. The van der Waals surface area contributed by atoms with Crippen LogP contribution in [-0.4, -0.2) is 61.0 Å². The second kappa shape index (κ2) is 12.6. The van der Waals surface area contributed by atoms with Crippen molar-refractivity contribution in [3.05, 3.63) is 71.3 Å². The van der Waals surface area contributed by atoms with Crippen LogP contribution in [0.1, 0.15) is 53.7 Å². The lowest BCUT2D eigenvalue weighted by molar-refractivity contribution is 0.00915. The lowest BCUT2D eigenvalue weighted by Gasteiger charge is -2.43. The lowest BCUT2D eigenvalue weighted by Crippen LogP contribution is -2.50. The van der Waals surface area contributed by atoms with E-state index in [0.29, 0.717) is 12.1 Å². The first-order valence-electron chi connectivity index (χ1n) is 11.0. The fourth-order valence-corrected chi connectivity index (χ4v) is 4.70. The third kappa shape index (κ3) is 6.53. The third-order valence-corrected chi connectivity index (χ3v) is 6.41. The number of rotatable bonds is 6. The average molecular weight is 465 g/mol. The van der Waals surface area contributed by atoms with E-state index >= 15 is 0 Å². The molecule has 2 unspecified atom stereocenters. The number of morpholine rings is 1. The molecule has 31 heavy (non-hydrogen) atoms. The SMILES string of the molecule is CC(c1cccc(C(=O)c2ccccc2)c1)N1CCCCC1CN1CCOCC1.Cl.Cl. The Morgan fingerprint density at radius 1 is 0.968 bits per heavy atom. The van der Waals surface area contributed by atoms with Crippen LogP contribution in [-0.2, 0) is 4.74 Å². The number of carbonyl (C=O) groups excluding carboxylic acids is 1. The summed E-state index contributed by atoms with van der Waals surface area (Å²) in [6.45, 7) is 8.34. The van der Waals surface area contributed by atoms with E-state index in [1.807, 2.05) is 42.5 Å². The molecule has 0 N–H and O–H groups in total. The van der Waals surface area contributed by atoms with Gasteiger partial charge in [0.2, 0.25) is 0 Å². The number of nitrogens with zero attached hydrogens (tertiary/aromatic N) is 2. The van der Waals surface area contributed by atoms with Crippen LogP contribution in [0, 0.1) is 0 Å². The number of carbonyl (C=O) groups is 1. The van der Waals surface area contributed by atoms with E-state index in [-0.39, 0.29) is 30.6 Å². The Balaban J connectivity index is 0.00000171. The Kier molecular flexibility index (Phi) is 10.5. The molecule has 2 aromatic carbocycles. The van der Waals surface area contributed by atoms with E-state index in [0.717, 1.165) is 50.5 Å². The number of hydrogen-bond acceptors (Lipinski definition) is 4. The lowest BCUT2D eigenvalue weighted by atomic mass is 9.94. The Morgan fingerprint density at radius 3 is 2.42 bits per heavy atom. The van der Waals surface area contributed by atoms with Gasteiger partial charge in [0.25, 0.3) is 0 Å². The van der Waals surface area contributed by atoms with Crippen molar-refractivity contribution < 1.29 is 9.53 Å². The maximum atomic E-state index is 12.9. The van der Waals surface area contributed by atoms with Gasteiger partial charge < -0.3 is 4.74 Å². The average Bonchev–Trinajstić information content (AvgIpc) is 2.80. The summed E-state index contributed by atoms with van der Waals surface area (Å²) in [5.41, 5.74) is 2.77. The fraction of sp³-hybridized carbons (Fsp3) is 0.480. The number of ketones is 1. The van der Waals surface area contributed by atoms with Gasteiger partial charge in [-0.2, -0.15) is 0 Å². The minimum atomic E-state index is 0. The van der Waals surface area contributed by atoms with Crippen LogP contribution in [0.3, 0.4) is 0 Å². The molecule has 0 amide bonds. The minimum Gasteiger partial charge on any atom is -0.379 e. The summed E-state index contributed by atoms with van der Waals surface area (Å²) in [6.07, 6.45) is 3.82. The van der Waals surface area contributed by atoms with Gasteiger partial charge in [-0.3, -0.25) is 14.6 Å². The molecular weight excluding hydrogens is 431 g/mol. The molecule has 0 aliphatic carbocycles. The molecule has 2 saturated heterocycles. The fourth-order valence-electron chi connectivity index (χ4n) is 4.70. The van der Waals surface area contributed by atoms with Crippen LogP contribution >= 0.6 is 24.8 Å². The quantitative estimate of drug-likeness (QED) is 0.562. The standard InChI is InChI=1S/C25H32N2O2.2ClH/c1-20(27-13-6-5-12-24(27)19-26-14-16-29-17-15-26)22-10-7-11-23(18-22)25(28)21-8-3-2-4-9-21;;/h2-4,7-11,18,20,24H,5-6,12-17,19H2,1H3;2*1H. The molecule has 2 aliphatic heterocycles. The van der Waals surface area contributed by atoms with Crippen molar-refractivity contribution >= 4 is 30.6 Å². The van der Waals surface area contributed by atoms with Crippen molar-refractivity contribution in [2.24, 2.45) is 0 Å². The van der Waals surface area contributed by atoms with E-state index in [2.05, 4.69) is 28.9 Å². The highest BCUT2D eigenvalue weighted by Crippen LogP contribution is 2.30. The number of benzene rings is 2. The Hall–Kier alpha value is -1.43. The molecule has 6 heteroatoms. The van der Waals surface area contributed by atoms with E-state index < -0.39 is 0 Å². The van der Waals surface area contributed by atoms with Crippen LogP contribution in [0.2, 0.25) is 0 Å². The topological polar surface area (TPSA) is 32.8 Å². The summed E-state index contributed by atoms with van der Waals surface area (Å²) in [5.74, 6) is 0.100. The first-order valence-corrected chi connectivity index (χ1v) is 11.0. The normalized spacial score (nSPS) is 20.9. The summed E-state index contributed by atoms with van der Waals surface area (Å²) < 4.78 is 5.52. The van der Waals surface area contributed by atoms with Crippen LogP contribution in [0.15, 0.2) is 54.6 Å². The summed E-state index contributed by atoms with van der Waals surface area (Å²) in [6, 6.07) is 18.7. The van der Waals surface area contributed by atoms with Gasteiger partial charge >= 0.3 is 0 Å². The Bertz CT molecular complexity index is 812. The monoisotopic (exact) mass is 464 g/mol. The van der Waals surface area contributed by atoms with Crippen molar-refractivity contribution in [3.8, 4) is 0 Å². The molecule has 170 valence electrons. The number of hydrogen-bond donors (Lipinski definition) is 0. The zero-order valence-electron chi connectivity index (χ0n) is 18.2. The molecule has 0 spiro atoms. The van der Waals surface area contributed by atoms with Gasteiger partial charge in [-0.05, 0) is 37.9 Å². The number of ether oxygens (including phenoxy) is 1. The highest BCUT2D eigenvalue weighted by atomic mass is 35.5. The van der Waals surface area contributed by atoms with E-state index in [1.54, 1.807) is 0 Å². The maximum absolute atomic E-state index is 12.9. The summed E-state index contributed by atoms with van der Waals surface area (Å²) in [7, 11) is 0. The molecule has 4 nitrogen and oxygen atoms in total. The molecule has 4 rings (SSSR count). The largest absolute Gasteiger partial charge is 0.379 e. The molecule has 2 aliphatic rings. The van der Waals surface area contributed by atoms with Crippen molar-refractivity contribution in [1.29, 1.82) is 0 Å². The first-order chi connectivity index (χ1) is 14.2. The van der Waals surface area contributed by atoms with Gasteiger partial charge in [0.15, 0.2) is 5.78 Å². The van der Waals surface area contributed by atoms with Crippen molar-refractivity contribution in [2.45, 2.75) is 38.3 Å². The molecule has 2 atom stereocenters. The molecule has 0 radical (unpaired) electrons. The molecule has 2 fully saturated rings. The third-order valence-electron chi connectivity index (χ3n) is 6.41. The van der Waals surface area contributed by atoms with Gasteiger partial charge in [-0.25, -0.2) is 0 Å². The van der Waals surface area contributed by atoms with Gasteiger partial charge in [-0.15, -0.1) is 24.8 Å². The Labute approximate surface area is 198 Å². The van der Waals surface area contributed by atoms with E-state index in [4.69, 9.17) is 4.74 Å². The van der Waals surface area contributed by atoms with Crippen LogP contribution in [0.25, 0.3) is 0 Å². The highest BCUT2D eigenvalue weighted by molar-refractivity contribution is 6.09. The van der Waals surface area contributed by atoms with E-state index in [1.165, 1.54) is 24.8 Å².